The topological polar surface area (TPSA) is 119 Å². The summed E-state index contributed by atoms with van der Waals surface area (Å²) in [6, 6.07) is -0.852. The van der Waals surface area contributed by atoms with Crippen LogP contribution in [-0.4, -0.2) is 41.1 Å². The molecule has 0 aromatic carbocycles. The quantitative estimate of drug-likeness (QED) is 0.320. The summed E-state index contributed by atoms with van der Waals surface area (Å²) in [4.78, 5) is 36.2. The van der Waals surface area contributed by atoms with E-state index in [9.17, 15) is 19.7 Å². The number of carbonyl (C=O) groups excluding carboxylic acids is 2. The Morgan fingerprint density at radius 3 is 2.56 bits per heavy atom. The Bertz CT molecular complexity index is 294. The molecule has 8 heteroatoms. The smallest absolute Gasteiger partial charge is 0.294 e. The molecule has 1 unspecified atom stereocenters. The number of unbranched alkanes of at least 4 members (excludes halogenated alkanes) is 2. The average molecular weight is 262 g/mol. The molecule has 0 aromatic rings. The second-order valence-corrected chi connectivity index (χ2v) is 3.78. The maximum absolute atomic E-state index is 11.3. The molecule has 0 aliphatic carbocycles. The highest BCUT2D eigenvalue weighted by Gasteiger charge is 2.14. The molecule has 0 bridgehead atoms. The van der Waals surface area contributed by atoms with Gasteiger partial charge < -0.3 is 15.3 Å². The van der Waals surface area contributed by atoms with Gasteiger partial charge in [0.2, 0.25) is 5.91 Å². The minimum atomic E-state index is -0.856. The lowest BCUT2D eigenvalue weighted by Crippen LogP contribution is -2.42. The number of aliphatic hydroxyl groups excluding tert-OH is 1. The Morgan fingerprint density at radius 2 is 2.06 bits per heavy atom. The lowest BCUT2D eigenvalue weighted by atomic mass is 10.1. The van der Waals surface area contributed by atoms with E-state index in [1.54, 1.807) is 0 Å². The van der Waals surface area contributed by atoms with Gasteiger partial charge in [0.1, 0.15) is 6.04 Å². The summed E-state index contributed by atoms with van der Waals surface area (Å²) in [5.41, 5.74) is 0. The molecule has 0 saturated heterocycles. The van der Waals surface area contributed by atoms with Gasteiger partial charge in [0.25, 0.3) is 5.09 Å². The van der Waals surface area contributed by atoms with Gasteiger partial charge in [0, 0.05) is 6.42 Å². The van der Waals surface area contributed by atoms with E-state index < -0.39 is 17.7 Å². The lowest BCUT2D eigenvalue weighted by molar-refractivity contribution is -0.757. The Kier molecular flexibility index (Phi) is 8.46. The molecule has 8 nitrogen and oxygen atoms in total. The summed E-state index contributed by atoms with van der Waals surface area (Å²) < 4.78 is 0. The van der Waals surface area contributed by atoms with Crippen LogP contribution in [0.4, 0.5) is 0 Å². The molecule has 0 spiro atoms. The van der Waals surface area contributed by atoms with Crippen LogP contribution >= 0.6 is 0 Å². The van der Waals surface area contributed by atoms with Crippen molar-refractivity contribution < 1.29 is 24.6 Å². The largest absolute Gasteiger partial charge is 0.394 e. The molecule has 0 saturated carbocycles. The Morgan fingerprint density at radius 1 is 1.39 bits per heavy atom. The number of Topliss-reactive ketones (excluding diaryl/α,β-unsaturated/α-hetero) is 1. The molecule has 2 N–H and O–H groups in total. The summed E-state index contributed by atoms with van der Waals surface area (Å²) in [6.07, 6.45) is 1.86. The van der Waals surface area contributed by atoms with Gasteiger partial charge in [-0.25, -0.2) is 0 Å². The number of nitrogens with one attached hydrogen (secondary N) is 1. The van der Waals surface area contributed by atoms with E-state index in [0.29, 0.717) is 19.3 Å². The molecular formula is C10H18N2O6. The van der Waals surface area contributed by atoms with Gasteiger partial charge in [-0.15, -0.1) is 10.1 Å². The number of hydrogen-bond acceptors (Lipinski definition) is 6. The fourth-order valence-electron chi connectivity index (χ4n) is 1.25. The number of carbonyl (C=O) groups is 2. The first kappa shape index (κ1) is 16.3. The molecule has 0 aliphatic rings. The summed E-state index contributed by atoms with van der Waals surface area (Å²) >= 11 is 0. The van der Waals surface area contributed by atoms with Gasteiger partial charge in [-0.05, 0) is 19.8 Å². The molecule has 0 fully saturated rings. The first-order valence-electron chi connectivity index (χ1n) is 5.65. The van der Waals surface area contributed by atoms with Gasteiger partial charge in [-0.1, -0.05) is 6.42 Å². The van der Waals surface area contributed by atoms with Crippen LogP contribution in [-0.2, 0) is 14.4 Å². The van der Waals surface area contributed by atoms with Gasteiger partial charge in [0.15, 0.2) is 5.78 Å². The molecule has 0 aliphatic heterocycles. The summed E-state index contributed by atoms with van der Waals surface area (Å²) in [5, 5.41) is 20.2. The fourth-order valence-corrected chi connectivity index (χ4v) is 1.25. The summed E-state index contributed by atoms with van der Waals surface area (Å²) in [7, 11) is 0. The Labute approximate surface area is 104 Å². The zero-order valence-electron chi connectivity index (χ0n) is 10.3. The lowest BCUT2D eigenvalue weighted by Gasteiger charge is -2.12. The maximum atomic E-state index is 11.3. The SMILES string of the molecule is CC(=O)C(CO)NC(=O)CCCCCO[N+](=O)[O-]. The number of nitrogens with zero attached hydrogens (tertiary/aromatic N) is 1. The monoisotopic (exact) mass is 262 g/mol. The van der Waals surface area contributed by atoms with E-state index in [1.807, 2.05) is 0 Å². The van der Waals surface area contributed by atoms with Crippen LogP contribution in [0.3, 0.4) is 0 Å². The molecule has 104 valence electrons. The van der Waals surface area contributed by atoms with Gasteiger partial charge >= 0.3 is 0 Å². The van der Waals surface area contributed by atoms with Gasteiger partial charge in [-0.2, -0.15) is 0 Å². The molecule has 18 heavy (non-hydrogen) atoms. The minimum Gasteiger partial charge on any atom is -0.394 e. The van der Waals surface area contributed by atoms with Crippen molar-refractivity contribution in [1.29, 1.82) is 0 Å². The molecule has 1 amide bonds. The molecule has 0 heterocycles. The van der Waals surface area contributed by atoms with E-state index in [1.165, 1.54) is 6.92 Å². The van der Waals surface area contributed by atoms with Crippen molar-refractivity contribution in [3.05, 3.63) is 10.1 Å². The number of ketones is 1. The van der Waals surface area contributed by atoms with Gasteiger partial charge in [0.05, 0.1) is 13.2 Å². The van der Waals surface area contributed by atoms with Crippen molar-refractivity contribution in [2.75, 3.05) is 13.2 Å². The molecule has 0 aromatic heterocycles. The maximum Gasteiger partial charge on any atom is 0.294 e. The van der Waals surface area contributed by atoms with Crippen LogP contribution in [0.15, 0.2) is 0 Å². The fraction of sp³-hybridized carbons (Fsp3) is 0.800. The van der Waals surface area contributed by atoms with E-state index in [0.717, 1.165) is 0 Å². The summed E-state index contributed by atoms with van der Waals surface area (Å²) in [5.74, 6) is -0.621. The van der Waals surface area contributed by atoms with Crippen LogP contribution in [0, 0.1) is 10.1 Å². The third-order valence-electron chi connectivity index (χ3n) is 2.25. The number of amides is 1. The predicted octanol–water partition coefficient (Wildman–Crippen LogP) is -0.179. The van der Waals surface area contributed by atoms with Crippen molar-refractivity contribution in [3.8, 4) is 0 Å². The third kappa shape index (κ3) is 8.45. The predicted molar refractivity (Wildman–Crippen MR) is 61.1 cm³/mol. The van der Waals surface area contributed by atoms with Crippen LogP contribution in [0.5, 0.6) is 0 Å². The second-order valence-electron chi connectivity index (χ2n) is 3.78. The third-order valence-corrected chi connectivity index (χ3v) is 2.25. The number of aliphatic hydroxyl groups is 1. The van der Waals surface area contributed by atoms with Crippen LogP contribution < -0.4 is 5.32 Å². The molecule has 0 radical (unpaired) electrons. The van der Waals surface area contributed by atoms with Crippen LogP contribution in [0.1, 0.15) is 32.6 Å². The van der Waals surface area contributed by atoms with E-state index in [2.05, 4.69) is 10.2 Å². The Balaban J connectivity index is 3.59. The average Bonchev–Trinajstić information content (AvgIpc) is 2.29. The molecule has 1 atom stereocenters. The highest BCUT2D eigenvalue weighted by atomic mass is 16.9. The van der Waals surface area contributed by atoms with Crippen molar-refractivity contribution >= 4 is 11.7 Å². The van der Waals surface area contributed by atoms with Gasteiger partial charge in [-0.3, -0.25) is 9.59 Å². The highest BCUT2D eigenvalue weighted by molar-refractivity contribution is 5.87. The molecule has 0 rings (SSSR count). The zero-order valence-corrected chi connectivity index (χ0v) is 10.3. The van der Waals surface area contributed by atoms with E-state index in [-0.39, 0.29) is 24.7 Å². The number of rotatable bonds is 10. The first-order chi connectivity index (χ1) is 8.47. The molecular weight excluding hydrogens is 244 g/mol. The standard InChI is InChI=1S/C10H18N2O6/c1-8(14)9(7-13)11-10(15)5-3-2-4-6-18-12(16)17/h9,13H,2-7H2,1H3,(H,11,15). The van der Waals surface area contributed by atoms with Crippen LogP contribution in [0.2, 0.25) is 0 Å². The van der Waals surface area contributed by atoms with E-state index in [4.69, 9.17) is 5.11 Å². The van der Waals surface area contributed by atoms with Crippen molar-refractivity contribution in [2.45, 2.75) is 38.6 Å². The second kappa shape index (κ2) is 9.34. The Hall–Kier alpha value is -1.70. The van der Waals surface area contributed by atoms with Crippen molar-refractivity contribution in [2.24, 2.45) is 0 Å². The normalized spacial score (nSPS) is 11.7. The highest BCUT2D eigenvalue weighted by Crippen LogP contribution is 2.01. The number of hydrogen-bond donors (Lipinski definition) is 2. The first-order valence-corrected chi connectivity index (χ1v) is 5.65. The zero-order chi connectivity index (χ0) is 14.0. The summed E-state index contributed by atoms with van der Waals surface area (Å²) in [6.45, 7) is 0.884. The van der Waals surface area contributed by atoms with Crippen molar-refractivity contribution in [3.63, 3.8) is 0 Å². The minimum absolute atomic E-state index is 0.0152. The van der Waals surface area contributed by atoms with Crippen molar-refractivity contribution in [1.82, 2.24) is 5.32 Å². The van der Waals surface area contributed by atoms with E-state index >= 15 is 0 Å². The van der Waals surface area contributed by atoms with Crippen LogP contribution in [0.25, 0.3) is 0 Å².